The Bertz CT molecular complexity index is 879. The van der Waals surface area contributed by atoms with Gasteiger partial charge in [-0.1, -0.05) is 12.1 Å². The number of aromatic nitrogens is 1. The Hall–Kier alpha value is -3.09. The molecule has 6 nitrogen and oxygen atoms in total. The van der Waals surface area contributed by atoms with Gasteiger partial charge >= 0.3 is 0 Å². The van der Waals surface area contributed by atoms with Gasteiger partial charge in [0.2, 0.25) is 5.91 Å². The summed E-state index contributed by atoms with van der Waals surface area (Å²) in [6.45, 7) is 0.749. The number of hydrogen-bond acceptors (Lipinski definition) is 4. The van der Waals surface area contributed by atoms with Gasteiger partial charge in [0.15, 0.2) is 0 Å². The molecular formula is C19H16FN3O3. The van der Waals surface area contributed by atoms with E-state index < -0.39 is 5.91 Å². The van der Waals surface area contributed by atoms with Crippen molar-refractivity contribution >= 4 is 17.7 Å². The van der Waals surface area contributed by atoms with Crippen LogP contribution in [0.4, 0.5) is 4.39 Å². The van der Waals surface area contributed by atoms with E-state index in [1.54, 1.807) is 29.2 Å². The van der Waals surface area contributed by atoms with Crippen LogP contribution in [0.15, 0.2) is 42.6 Å². The summed E-state index contributed by atoms with van der Waals surface area (Å²) in [4.78, 5) is 44.3. The summed E-state index contributed by atoms with van der Waals surface area (Å²) in [5, 5.41) is 0. The number of nitrogens with zero attached hydrogens (tertiary/aromatic N) is 3. The number of carbonyl (C=O) groups is 3. The van der Waals surface area contributed by atoms with E-state index in [9.17, 15) is 18.8 Å². The van der Waals surface area contributed by atoms with Gasteiger partial charge in [-0.2, -0.15) is 0 Å². The Balaban J connectivity index is 1.45. The average Bonchev–Trinajstić information content (AvgIpc) is 3.20. The van der Waals surface area contributed by atoms with E-state index in [2.05, 4.69) is 4.98 Å². The predicted octanol–water partition coefficient (Wildman–Crippen LogP) is 1.66. The molecule has 1 aromatic carbocycles. The van der Waals surface area contributed by atoms with Crippen LogP contribution in [0.3, 0.4) is 0 Å². The third kappa shape index (κ3) is 2.75. The van der Waals surface area contributed by atoms with Gasteiger partial charge in [0.05, 0.1) is 18.0 Å². The molecule has 1 atom stereocenters. The summed E-state index contributed by atoms with van der Waals surface area (Å²) in [6.07, 6.45) is 2.10. The highest BCUT2D eigenvalue weighted by atomic mass is 19.1. The highest BCUT2D eigenvalue weighted by molar-refractivity contribution is 6.20. The molecule has 4 rings (SSSR count). The topological polar surface area (TPSA) is 70.6 Å². The maximum absolute atomic E-state index is 13.3. The van der Waals surface area contributed by atoms with Crippen LogP contribution in [0.1, 0.15) is 32.8 Å². The third-order valence-corrected chi connectivity index (χ3v) is 4.80. The Morgan fingerprint density at radius 1 is 1.19 bits per heavy atom. The second-order valence-corrected chi connectivity index (χ2v) is 6.47. The first-order valence-electron chi connectivity index (χ1n) is 8.39. The second kappa shape index (κ2) is 6.33. The summed E-state index contributed by atoms with van der Waals surface area (Å²) >= 11 is 0. The van der Waals surface area contributed by atoms with Gasteiger partial charge in [0, 0.05) is 19.3 Å². The molecule has 3 heterocycles. The molecule has 2 aliphatic heterocycles. The lowest BCUT2D eigenvalue weighted by Crippen LogP contribution is -2.42. The van der Waals surface area contributed by atoms with E-state index in [0.29, 0.717) is 30.6 Å². The molecule has 132 valence electrons. The zero-order valence-electron chi connectivity index (χ0n) is 13.9. The van der Waals surface area contributed by atoms with Crippen molar-refractivity contribution in [3.05, 3.63) is 65.2 Å². The zero-order valence-corrected chi connectivity index (χ0v) is 13.9. The summed E-state index contributed by atoms with van der Waals surface area (Å²) in [6, 6.07) is 8.78. The van der Waals surface area contributed by atoms with Crippen LogP contribution < -0.4 is 0 Å². The van der Waals surface area contributed by atoms with Crippen LogP contribution in [0.25, 0.3) is 0 Å². The summed E-state index contributed by atoms with van der Waals surface area (Å²) in [5.74, 6) is -1.29. The van der Waals surface area contributed by atoms with Crippen molar-refractivity contribution < 1.29 is 18.8 Å². The molecule has 0 radical (unpaired) electrons. The first kappa shape index (κ1) is 16.4. The second-order valence-electron chi connectivity index (χ2n) is 6.47. The van der Waals surface area contributed by atoms with Gasteiger partial charge in [0.25, 0.3) is 11.8 Å². The standard InChI is InChI=1S/C19H16FN3O3/c20-13-4-1-3-12(9-13)10-16(24)22-8-6-14(11-22)23-18(25)15-5-2-7-21-17(15)19(23)26/h1-5,7,9,14H,6,8,10-11H2. The minimum Gasteiger partial charge on any atom is -0.340 e. The number of pyridine rings is 1. The molecule has 2 aromatic rings. The minimum absolute atomic E-state index is 0.0914. The van der Waals surface area contributed by atoms with Gasteiger partial charge in [-0.3, -0.25) is 24.3 Å². The van der Waals surface area contributed by atoms with Crippen molar-refractivity contribution in [1.29, 1.82) is 0 Å². The van der Waals surface area contributed by atoms with Crippen LogP contribution in [-0.2, 0) is 11.2 Å². The average molecular weight is 353 g/mol. The Kier molecular flexibility index (Phi) is 3.99. The molecule has 26 heavy (non-hydrogen) atoms. The number of imide groups is 1. The molecule has 1 unspecified atom stereocenters. The van der Waals surface area contributed by atoms with Crippen LogP contribution in [0.5, 0.6) is 0 Å². The molecule has 2 aliphatic rings. The molecule has 0 spiro atoms. The summed E-state index contributed by atoms with van der Waals surface area (Å²) < 4.78 is 13.3. The summed E-state index contributed by atoms with van der Waals surface area (Å²) in [7, 11) is 0. The van der Waals surface area contributed by atoms with Crippen LogP contribution in [0.2, 0.25) is 0 Å². The molecule has 1 saturated heterocycles. The number of carbonyl (C=O) groups excluding carboxylic acids is 3. The molecule has 0 N–H and O–H groups in total. The number of amides is 3. The van der Waals surface area contributed by atoms with Crippen LogP contribution >= 0.6 is 0 Å². The first-order valence-corrected chi connectivity index (χ1v) is 8.39. The first-order chi connectivity index (χ1) is 12.5. The van der Waals surface area contributed by atoms with Crippen LogP contribution in [0, 0.1) is 5.82 Å². The molecule has 7 heteroatoms. The molecule has 0 saturated carbocycles. The number of hydrogen-bond donors (Lipinski definition) is 0. The number of benzene rings is 1. The lowest BCUT2D eigenvalue weighted by molar-refractivity contribution is -0.129. The van der Waals surface area contributed by atoms with E-state index in [4.69, 9.17) is 0 Å². The smallest absolute Gasteiger partial charge is 0.280 e. The quantitative estimate of drug-likeness (QED) is 0.787. The normalized spacial score (nSPS) is 19.2. The SMILES string of the molecule is O=C(Cc1cccc(F)c1)N1CCC(N2C(=O)c3cccnc3C2=O)C1. The fourth-order valence-electron chi connectivity index (χ4n) is 3.53. The Morgan fingerprint density at radius 2 is 2.04 bits per heavy atom. The fourth-order valence-corrected chi connectivity index (χ4v) is 3.53. The monoisotopic (exact) mass is 353 g/mol. The van der Waals surface area contributed by atoms with Crippen LogP contribution in [-0.4, -0.2) is 51.6 Å². The zero-order chi connectivity index (χ0) is 18.3. The van der Waals surface area contributed by atoms with Crippen molar-refractivity contribution in [1.82, 2.24) is 14.8 Å². The number of fused-ring (bicyclic) bond motifs is 1. The molecule has 0 bridgehead atoms. The van der Waals surface area contributed by atoms with E-state index in [-0.39, 0.29) is 35.8 Å². The van der Waals surface area contributed by atoms with E-state index >= 15 is 0 Å². The number of rotatable bonds is 3. The van der Waals surface area contributed by atoms with Crippen molar-refractivity contribution in [3.63, 3.8) is 0 Å². The fraction of sp³-hybridized carbons (Fsp3) is 0.263. The maximum atomic E-state index is 13.3. The molecule has 3 amide bonds. The molecular weight excluding hydrogens is 337 g/mol. The minimum atomic E-state index is -0.407. The maximum Gasteiger partial charge on any atom is 0.280 e. The lowest BCUT2D eigenvalue weighted by Gasteiger charge is -2.22. The van der Waals surface area contributed by atoms with Gasteiger partial charge in [-0.15, -0.1) is 0 Å². The van der Waals surface area contributed by atoms with Gasteiger partial charge in [0.1, 0.15) is 11.5 Å². The molecule has 1 aromatic heterocycles. The summed E-state index contributed by atoms with van der Waals surface area (Å²) in [5.41, 5.74) is 1.08. The van der Waals surface area contributed by atoms with Crippen molar-refractivity contribution in [2.24, 2.45) is 0 Å². The molecule has 1 fully saturated rings. The predicted molar refractivity (Wildman–Crippen MR) is 89.8 cm³/mol. The number of likely N-dealkylation sites (tertiary alicyclic amines) is 1. The van der Waals surface area contributed by atoms with Crippen molar-refractivity contribution in [2.45, 2.75) is 18.9 Å². The third-order valence-electron chi connectivity index (χ3n) is 4.80. The molecule has 0 aliphatic carbocycles. The largest absolute Gasteiger partial charge is 0.340 e. The lowest BCUT2D eigenvalue weighted by atomic mass is 10.1. The number of halogens is 1. The van der Waals surface area contributed by atoms with Gasteiger partial charge < -0.3 is 4.90 Å². The van der Waals surface area contributed by atoms with E-state index in [1.165, 1.54) is 23.2 Å². The van der Waals surface area contributed by atoms with E-state index in [1.807, 2.05) is 0 Å². The van der Waals surface area contributed by atoms with Gasteiger partial charge in [-0.05, 0) is 36.2 Å². The van der Waals surface area contributed by atoms with Crippen molar-refractivity contribution in [2.75, 3.05) is 13.1 Å². The van der Waals surface area contributed by atoms with E-state index in [0.717, 1.165) is 0 Å². The Morgan fingerprint density at radius 3 is 2.81 bits per heavy atom. The highest BCUT2D eigenvalue weighted by Crippen LogP contribution is 2.27. The van der Waals surface area contributed by atoms with Gasteiger partial charge in [-0.25, -0.2) is 4.39 Å². The Labute approximate surface area is 149 Å². The van der Waals surface area contributed by atoms with Crippen molar-refractivity contribution in [3.8, 4) is 0 Å². The highest BCUT2D eigenvalue weighted by Gasteiger charge is 2.43.